The number of nitrogens with zero attached hydrogens (tertiary/aromatic N) is 3. The number of nitrogens with one attached hydrogen (secondary N) is 2. The molecule has 2 fully saturated rings. The standard InChI is InChI=1S/C30H51N5O8/c1-9-19(5)24-29(41)34(8)25(17(2)3)30(42)33(7)20(6)26(38)31-13-12-23(37)43-22(15-18(4)16-36)28(40)35-14-10-11-21(35)27(39)32-24/h17-22,24-25,36H,9-16H2,1-8H3,(H,31,38)(H,32,39)/t18-,19-,20-,21-,22-,24-,25-/m0/s1. The molecule has 5 amide bonds. The van der Waals surface area contributed by atoms with Crippen molar-refractivity contribution in [2.45, 2.75) is 104 Å². The average Bonchev–Trinajstić information content (AvgIpc) is 3.46. The van der Waals surface area contributed by atoms with Gasteiger partial charge < -0.3 is 35.2 Å². The number of cyclic esters (lactones) is 1. The largest absolute Gasteiger partial charge is 0.452 e. The van der Waals surface area contributed by atoms with E-state index in [1.54, 1.807) is 27.7 Å². The van der Waals surface area contributed by atoms with Gasteiger partial charge in [-0.05, 0) is 43.9 Å². The van der Waals surface area contributed by atoms with Crippen LogP contribution in [0.15, 0.2) is 0 Å². The Hall–Kier alpha value is -3.22. The van der Waals surface area contributed by atoms with Crippen LogP contribution in [0.25, 0.3) is 0 Å². The van der Waals surface area contributed by atoms with E-state index in [4.69, 9.17) is 4.74 Å². The molecular formula is C30H51N5O8. The summed E-state index contributed by atoms with van der Waals surface area (Å²) < 4.78 is 5.54. The van der Waals surface area contributed by atoms with Gasteiger partial charge in [0.05, 0.1) is 6.42 Å². The quantitative estimate of drug-likeness (QED) is 0.362. The number of hydrogen-bond donors (Lipinski definition) is 3. The van der Waals surface area contributed by atoms with Crippen molar-refractivity contribution in [2.24, 2.45) is 17.8 Å². The molecule has 0 radical (unpaired) electrons. The molecule has 0 saturated carbocycles. The molecule has 2 aliphatic heterocycles. The number of aliphatic hydroxyl groups is 1. The summed E-state index contributed by atoms with van der Waals surface area (Å²) >= 11 is 0. The van der Waals surface area contributed by atoms with Crippen LogP contribution < -0.4 is 10.6 Å². The molecule has 13 nitrogen and oxygen atoms in total. The molecule has 0 aliphatic carbocycles. The third-order valence-electron chi connectivity index (χ3n) is 8.68. The second-order valence-corrected chi connectivity index (χ2v) is 12.4. The minimum atomic E-state index is -1.23. The van der Waals surface area contributed by atoms with Crippen molar-refractivity contribution in [2.75, 3.05) is 33.8 Å². The molecule has 13 heteroatoms. The maximum Gasteiger partial charge on any atom is 0.308 e. The first kappa shape index (κ1) is 36.0. The molecule has 2 heterocycles. The van der Waals surface area contributed by atoms with E-state index >= 15 is 0 Å². The van der Waals surface area contributed by atoms with Crippen LogP contribution >= 0.6 is 0 Å². The molecule has 2 saturated heterocycles. The number of rotatable bonds is 6. The van der Waals surface area contributed by atoms with Crippen molar-refractivity contribution in [1.29, 1.82) is 0 Å². The molecule has 0 bridgehead atoms. The van der Waals surface area contributed by atoms with Gasteiger partial charge in [-0.15, -0.1) is 0 Å². The minimum absolute atomic E-state index is 0.0532. The fourth-order valence-electron chi connectivity index (χ4n) is 5.54. The summed E-state index contributed by atoms with van der Waals surface area (Å²) in [5.41, 5.74) is 0. The third kappa shape index (κ3) is 8.90. The summed E-state index contributed by atoms with van der Waals surface area (Å²) in [6, 6.07) is -3.66. The van der Waals surface area contributed by atoms with Crippen molar-refractivity contribution < 1.29 is 38.6 Å². The lowest BCUT2D eigenvalue weighted by atomic mass is 9.94. The lowest BCUT2D eigenvalue weighted by Crippen LogP contribution is -2.60. The lowest BCUT2D eigenvalue weighted by Gasteiger charge is -2.38. The summed E-state index contributed by atoms with van der Waals surface area (Å²) in [5.74, 6) is -4.09. The maximum atomic E-state index is 13.9. The number of aliphatic hydroxyl groups excluding tert-OH is 1. The fourth-order valence-corrected chi connectivity index (χ4v) is 5.54. The minimum Gasteiger partial charge on any atom is -0.452 e. The highest BCUT2D eigenvalue weighted by Gasteiger charge is 2.43. The van der Waals surface area contributed by atoms with Crippen molar-refractivity contribution in [3.05, 3.63) is 0 Å². The number of fused-ring (bicyclic) bond motifs is 1. The Bertz CT molecular complexity index is 1040. The van der Waals surface area contributed by atoms with Gasteiger partial charge in [0, 0.05) is 33.8 Å². The number of ether oxygens (including phenoxy) is 1. The first-order valence-electron chi connectivity index (χ1n) is 15.4. The van der Waals surface area contributed by atoms with Crippen LogP contribution in [0.3, 0.4) is 0 Å². The maximum absolute atomic E-state index is 13.9. The summed E-state index contributed by atoms with van der Waals surface area (Å²) in [6.07, 6.45) is 0.0762. The van der Waals surface area contributed by atoms with Gasteiger partial charge in [-0.1, -0.05) is 41.0 Å². The Labute approximate surface area is 255 Å². The molecule has 0 spiro atoms. The molecule has 0 aromatic carbocycles. The van der Waals surface area contributed by atoms with Crippen molar-refractivity contribution in [1.82, 2.24) is 25.3 Å². The first-order chi connectivity index (χ1) is 20.2. The first-order valence-corrected chi connectivity index (χ1v) is 15.4. The SMILES string of the molecule is CC[C@H](C)[C@@H]1NC(=O)[C@@H]2CCCN2C(=O)[C@H](C[C@H](C)CO)OC(=O)CCNC(=O)[C@H](C)N(C)C(=O)[C@H](C(C)C)N(C)C1=O. The van der Waals surface area contributed by atoms with E-state index in [1.807, 2.05) is 13.8 Å². The zero-order valence-electron chi connectivity index (χ0n) is 26.9. The number of esters is 1. The Morgan fingerprint density at radius 3 is 2.19 bits per heavy atom. The molecule has 0 aromatic rings. The molecule has 0 aromatic heterocycles. The van der Waals surface area contributed by atoms with Gasteiger partial charge in [0.15, 0.2) is 6.10 Å². The third-order valence-corrected chi connectivity index (χ3v) is 8.68. The highest BCUT2D eigenvalue weighted by molar-refractivity contribution is 5.96. The molecular weight excluding hydrogens is 558 g/mol. The summed E-state index contributed by atoms with van der Waals surface area (Å²) in [5, 5.41) is 15.1. The van der Waals surface area contributed by atoms with Crippen LogP contribution in [-0.4, -0.2) is 119 Å². The molecule has 2 aliphatic rings. The summed E-state index contributed by atoms with van der Waals surface area (Å²) in [7, 11) is 3.01. The van der Waals surface area contributed by atoms with Crippen LogP contribution in [0.2, 0.25) is 0 Å². The van der Waals surface area contributed by atoms with Crippen LogP contribution in [0.1, 0.15) is 73.6 Å². The summed E-state index contributed by atoms with van der Waals surface area (Å²) in [6.45, 7) is 10.6. The fraction of sp³-hybridized carbons (Fsp3) is 0.800. The number of hydrogen-bond acceptors (Lipinski definition) is 8. The van der Waals surface area contributed by atoms with Gasteiger partial charge in [0.2, 0.25) is 23.6 Å². The highest BCUT2D eigenvalue weighted by atomic mass is 16.5. The van der Waals surface area contributed by atoms with Crippen molar-refractivity contribution in [3.63, 3.8) is 0 Å². The van der Waals surface area contributed by atoms with E-state index in [1.165, 1.54) is 28.8 Å². The normalized spacial score (nSPS) is 28.9. The van der Waals surface area contributed by atoms with Crippen molar-refractivity contribution in [3.8, 4) is 0 Å². The number of likely N-dealkylation sites (N-methyl/N-ethyl adjacent to an activating group) is 2. The number of amides is 5. The molecule has 244 valence electrons. The Morgan fingerprint density at radius 1 is 0.953 bits per heavy atom. The van der Waals surface area contributed by atoms with Crippen LogP contribution in [-0.2, 0) is 33.5 Å². The van der Waals surface area contributed by atoms with E-state index in [0.717, 1.165) is 0 Å². The van der Waals surface area contributed by atoms with Gasteiger partial charge in [-0.25, -0.2) is 0 Å². The van der Waals surface area contributed by atoms with E-state index in [0.29, 0.717) is 19.3 Å². The van der Waals surface area contributed by atoms with Gasteiger partial charge in [0.25, 0.3) is 5.91 Å². The Morgan fingerprint density at radius 2 is 1.60 bits per heavy atom. The second kappa shape index (κ2) is 16.0. The zero-order valence-corrected chi connectivity index (χ0v) is 26.9. The van der Waals surface area contributed by atoms with E-state index < -0.39 is 65.8 Å². The topological polar surface area (TPSA) is 166 Å². The molecule has 2 rings (SSSR count). The van der Waals surface area contributed by atoms with Gasteiger partial charge in [0.1, 0.15) is 24.2 Å². The predicted molar refractivity (Wildman–Crippen MR) is 158 cm³/mol. The number of carbonyl (C=O) groups excluding carboxylic acids is 6. The van der Waals surface area contributed by atoms with E-state index in [-0.39, 0.29) is 50.3 Å². The predicted octanol–water partition coefficient (Wildman–Crippen LogP) is 0.288. The van der Waals surface area contributed by atoms with Gasteiger partial charge >= 0.3 is 5.97 Å². The molecule has 43 heavy (non-hydrogen) atoms. The summed E-state index contributed by atoms with van der Waals surface area (Å²) in [4.78, 5) is 84.6. The van der Waals surface area contributed by atoms with Crippen LogP contribution in [0, 0.1) is 17.8 Å². The number of carbonyl (C=O) groups is 6. The average molecular weight is 610 g/mol. The zero-order chi connectivity index (χ0) is 32.6. The molecule has 0 unspecified atom stereocenters. The monoisotopic (exact) mass is 609 g/mol. The highest BCUT2D eigenvalue weighted by Crippen LogP contribution is 2.24. The Kier molecular flexibility index (Phi) is 13.4. The van der Waals surface area contributed by atoms with E-state index in [2.05, 4.69) is 10.6 Å². The van der Waals surface area contributed by atoms with E-state index in [9.17, 15) is 33.9 Å². The van der Waals surface area contributed by atoms with Gasteiger partial charge in [-0.3, -0.25) is 28.8 Å². The smallest absolute Gasteiger partial charge is 0.308 e. The van der Waals surface area contributed by atoms with Gasteiger partial charge in [-0.2, -0.15) is 0 Å². The Balaban J connectivity index is 2.54. The second-order valence-electron chi connectivity index (χ2n) is 12.4. The lowest BCUT2D eigenvalue weighted by molar-refractivity contribution is -0.162. The van der Waals surface area contributed by atoms with Crippen LogP contribution in [0.4, 0.5) is 0 Å². The van der Waals surface area contributed by atoms with Crippen molar-refractivity contribution >= 4 is 35.5 Å². The van der Waals surface area contributed by atoms with Crippen LogP contribution in [0.5, 0.6) is 0 Å². The molecule has 7 atom stereocenters. The molecule has 3 N–H and O–H groups in total.